The van der Waals surface area contributed by atoms with E-state index >= 15 is 0 Å². The molecule has 0 fully saturated rings. The fraction of sp³-hybridized carbons (Fsp3) is 0.333. The first-order valence-corrected chi connectivity index (χ1v) is 7.66. The first-order valence-electron chi connectivity index (χ1n) is 7.66. The number of benzene rings is 2. The third-order valence-electron chi connectivity index (χ3n) is 3.76. The van der Waals surface area contributed by atoms with E-state index in [9.17, 15) is 15.3 Å². The molecule has 0 saturated carbocycles. The van der Waals surface area contributed by atoms with Crippen LogP contribution in [0, 0.1) is 0 Å². The van der Waals surface area contributed by atoms with Crippen molar-refractivity contribution in [2.45, 2.75) is 12.5 Å². The molecule has 2 aromatic carbocycles. The molecule has 0 bridgehead atoms. The van der Waals surface area contributed by atoms with Gasteiger partial charge >= 0.3 is 0 Å². The molecule has 6 heteroatoms. The van der Waals surface area contributed by atoms with Gasteiger partial charge in [0, 0.05) is 6.54 Å². The molecule has 0 aromatic heterocycles. The Morgan fingerprint density at radius 1 is 0.958 bits per heavy atom. The SMILES string of the molecule is COc1ccc(CCNCC(O)c2ccc(O)c(OC)c2)cc1O. The largest absolute Gasteiger partial charge is 0.504 e. The third kappa shape index (κ3) is 4.53. The highest BCUT2D eigenvalue weighted by molar-refractivity contribution is 5.43. The number of hydrogen-bond acceptors (Lipinski definition) is 6. The van der Waals surface area contributed by atoms with Crippen LogP contribution in [0.5, 0.6) is 23.0 Å². The van der Waals surface area contributed by atoms with Crippen molar-refractivity contribution < 1.29 is 24.8 Å². The van der Waals surface area contributed by atoms with Crippen molar-refractivity contribution in [1.29, 1.82) is 0 Å². The number of ether oxygens (including phenoxy) is 2. The lowest BCUT2D eigenvalue weighted by atomic mass is 10.1. The van der Waals surface area contributed by atoms with Crippen LogP contribution in [0.3, 0.4) is 0 Å². The van der Waals surface area contributed by atoms with E-state index in [0.29, 0.717) is 36.6 Å². The van der Waals surface area contributed by atoms with E-state index in [1.807, 2.05) is 6.07 Å². The number of rotatable bonds is 8. The summed E-state index contributed by atoms with van der Waals surface area (Å²) >= 11 is 0. The van der Waals surface area contributed by atoms with Crippen LogP contribution in [0.25, 0.3) is 0 Å². The van der Waals surface area contributed by atoms with E-state index in [4.69, 9.17) is 9.47 Å². The quantitative estimate of drug-likeness (QED) is 0.552. The monoisotopic (exact) mass is 333 g/mol. The molecule has 0 spiro atoms. The number of phenols is 2. The van der Waals surface area contributed by atoms with Gasteiger partial charge in [0.2, 0.25) is 0 Å². The molecule has 0 aliphatic rings. The molecule has 1 unspecified atom stereocenters. The van der Waals surface area contributed by atoms with Crippen LogP contribution in [0.4, 0.5) is 0 Å². The molecule has 2 rings (SSSR count). The lowest BCUT2D eigenvalue weighted by Crippen LogP contribution is -2.23. The van der Waals surface area contributed by atoms with Crippen LogP contribution < -0.4 is 14.8 Å². The third-order valence-corrected chi connectivity index (χ3v) is 3.76. The van der Waals surface area contributed by atoms with Gasteiger partial charge in [-0.2, -0.15) is 0 Å². The van der Waals surface area contributed by atoms with Crippen molar-refractivity contribution in [3.63, 3.8) is 0 Å². The smallest absolute Gasteiger partial charge is 0.160 e. The number of methoxy groups -OCH3 is 2. The highest BCUT2D eigenvalue weighted by Crippen LogP contribution is 2.29. The standard InChI is InChI=1S/C18H23NO5/c1-23-17-6-3-12(9-15(17)21)7-8-19-11-16(22)13-4-5-14(20)18(10-13)24-2/h3-6,9-10,16,19-22H,7-8,11H2,1-2H3. The average molecular weight is 333 g/mol. The first kappa shape index (κ1) is 17.9. The van der Waals surface area contributed by atoms with Gasteiger partial charge in [-0.15, -0.1) is 0 Å². The van der Waals surface area contributed by atoms with Crippen molar-refractivity contribution in [2.75, 3.05) is 27.3 Å². The van der Waals surface area contributed by atoms with Gasteiger partial charge in [-0.05, 0) is 48.4 Å². The molecule has 24 heavy (non-hydrogen) atoms. The minimum absolute atomic E-state index is 0.0423. The summed E-state index contributed by atoms with van der Waals surface area (Å²) in [7, 11) is 2.98. The van der Waals surface area contributed by atoms with Crippen LogP contribution in [0.1, 0.15) is 17.2 Å². The van der Waals surface area contributed by atoms with Crippen LogP contribution in [0.15, 0.2) is 36.4 Å². The summed E-state index contributed by atoms with van der Waals surface area (Å²) in [6, 6.07) is 10.1. The molecule has 0 heterocycles. The van der Waals surface area contributed by atoms with E-state index in [1.54, 1.807) is 24.3 Å². The predicted molar refractivity (Wildman–Crippen MR) is 90.9 cm³/mol. The maximum absolute atomic E-state index is 10.2. The molecule has 4 N–H and O–H groups in total. The first-order chi connectivity index (χ1) is 11.5. The molecular formula is C18H23NO5. The zero-order valence-corrected chi connectivity index (χ0v) is 13.8. The second-order valence-corrected chi connectivity index (χ2v) is 5.41. The van der Waals surface area contributed by atoms with Gasteiger partial charge in [0.25, 0.3) is 0 Å². The Morgan fingerprint density at radius 2 is 1.71 bits per heavy atom. The van der Waals surface area contributed by atoms with E-state index in [0.717, 1.165) is 5.56 Å². The number of phenolic OH excluding ortho intramolecular Hbond substituents is 2. The highest BCUT2D eigenvalue weighted by Gasteiger charge is 2.10. The average Bonchev–Trinajstić information content (AvgIpc) is 2.59. The normalized spacial score (nSPS) is 12.0. The molecule has 0 saturated heterocycles. The van der Waals surface area contributed by atoms with Crippen LogP contribution >= 0.6 is 0 Å². The molecule has 2 aromatic rings. The highest BCUT2D eigenvalue weighted by atomic mass is 16.5. The summed E-state index contributed by atoms with van der Waals surface area (Å²) in [6.45, 7) is 1.02. The second kappa shape index (κ2) is 8.42. The summed E-state index contributed by atoms with van der Waals surface area (Å²) in [5.41, 5.74) is 1.64. The fourth-order valence-electron chi connectivity index (χ4n) is 2.38. The molecule has 1 atom stereocenters. The van der Waals surface area contributed by atoms with Crippen LogP contribution in [-0.4, -0.2) is 42.6 Å². The van der Waals surface area contributed by atoms with E-state index in [2.05, 4.69) is 5.32 Å². The van der Waals surface area contributed by atoms with Crippen molar-refractivity contribution in [2.24, 2.45) is 0 Å². The van der Waals surface area contributed by atoms with E-state index in [1.165, 1.54) is 20.3 Å². The molecule has 0 amide bonds. The number of aliphatic hydroxyl groups excluding tert-OH is 1. The second-order valence-electron chi connectivity index (χ2n) is 5.41. The maximum atomic E-state index is 10.2. The Labute approximate surface area is 141 Å². The van der Waals surface area contributed by atoms with Gasteiger partial charge in [0.1, 0.15) is 0 Å². The minimum Gasteiger partial charge on any atom is -0.504 e. The predicted octanol–water partition coefficient (Wildman–Crippen LogP) is 1.98. The summed E-state index contributed by atoms with van der Waals surface area (Å²) in [4.78, 5) is 0. The zero-order chi connectivity index (χ0) is 17.5. The summed E-state index contributed by atoms with van der Waals surface area (Å²) in [5, 5.41) is 32.7. The molecule has 0 aliphatic carbocycles. The number of aliphatic hydroxyl groups is 1. The van der Waals surface area contributed by atoms with Gasteiger partial charge in [-0.3, -0.25) is 0 Å². The van der Waals surface area contributed by atoms with Gasteiger partial charge < -0.3 is 30.1 Å². The van der Waals surface area contributed by atoms with Crippen LogP contribution in [0.2, 0.25) is 0 Å². The van der Waals surface area contributed by atoms with Gasteiger partial charge in [-0.25, -0.2) is 0 Å². The number of nitrogens with one attached hydrogen (secondary N) is 1. The number of hydrogen-bond donors (Lipinski definition) is 4. The summed E-state index contributed by atoms with van der Waals surface area (Å²) in [5.74, 6) is 0.940. The topological polar surface area (TPSA) is 91.2 Å². The Kier molecular flexibility index (Phi) is 6.28. The fourth-order valence-corrected chi connectivity index (χ4v) is 2.38. The number of aromatic hydroxyl groups is 2. The Morgan fingerprint density at radius 3 is 2.38 bits per heavy atom. The van der Waals surface area contributed by atoms with Crippen molar-refractivity contribution in [3.8, 4) is 23.0 Å². The van der Waals surface area contributed by atoms with Gasteiger partial charge in [-0.1, -0.05) is 12.1 Å². The van der Waals surface area contributed by atoms with Crippen molar-refractivity contribution in [1.82, 2.24) is 5.32 Å². The Bertz CT molecular complexity index is 674. The Balaban J connectivity index is 1.82. The molecule has 0 radical (unpaired) electrons. The molecule has 6 nitrogen and oxygen atoms in total. The summed E-state index contributed by atoms with van der Waals surface area (Å²) < 4.78 is 10.0. The lowest BCUT2D eigenvalue weighted by Gasteiger charge is -2.14. The maximum Gasteiger partial charge on any atom is 0.160 e. The van der Waals surface area contributed by atoms with Gasteiger partial charge in [0.15, 0.2) is 23.0 Å². The zero-order valence-electron chi connectivity index (χ0n) is 13.8. The minimum atomic E-state index is -0.705. The van der Waals surface area contributed by atoms with Crippen molar-refractivity contribution >= 4 is 0 Å². The van der Waals surface area contributed by atoms with Crippen LogP contribution in [-0.2, 0) is 6.42 Å². The Hall–Kier alpha value is -2.44. The molecule has 130 valence electrons. The van der Waals surface area contributed by atoms with E-state index in [-0.39, 0.29) is 11.5 Å². The molecule has 0 aliphatic heterocycles. The van der Waals surface area contributed by atoms with Crippen molar-refractivity contribution in [3.05, 3.63) is 47.5 Å². The summed E-state index contributed by atoms with van der Waals surface area (Å²) in [6.07, 6.45) is 0.00664. The van der Waals surface area contributed by atoms with Gasteiger partial charge in [0.05, 0.1) is 20.3 Å². The van der Waals surface area contributed by atoms with E-state index < -0.39 is 6.10 Å². The lowest BCUT2D eigenvalue weighted by molar-refractivity contribution is 0.174. The molecular weight excluding hydrogens is 310 g/mol.